The first kappa shape index (κ1) is 22.0. The first-order chi connectivity index (χ1) is 15.3. The van der Waals surface area contributed by atoms with Gasteiger partial charge in [-0.25, -0.2) is 14.8 Å². The van der Waals surface area contributed by atoms with E-state index in [9.17, 15) is 4.79 Å². The van der Waals surface area contributed by atoms with Gasteiger partial charge in [-0.15, -0.1) is 0 Å². The van der Waals surface area contributed by atoms with Crippen molar-refractivity contribution in [1.29, 1.82) is 0 Å². The molecule has 1 saturated heterocycles. The number of hydrogen-bond donors (Lipinski definition) is 0. The second kappa shape index (κ2) is 9.10. The SMILES string of the molecule is CN(CC1CCCN(c2nc(-c3cccnc3)nc3ccccc23)C1)C(=O)OC(C)(C)C. The molecular formula is C25H31N5O2. The van der Waals surface area contributed by atoms with Crippen LogP contribution in [-0.4, -0.2) is 58.2 Å². The lowest BCUT2D eigenvalue weighted by Gasteiger charge is -2.36. The smallest absolute Gasteiger partial charge is 0.410 e. The maximum absolute atomic E-state index is 12.4. The highest BCUT2D eigenvalue weighted by Crippen LogP contribution is 2.30. The maximum atomic E-state index is 12.4. The summed E-state index contributed by atoms with van der Waals surface area (Å²) in [5.41, 5.74) is 1.33. The quantitative estimate of drug-likeness (QED) is 0.590. The molecule has 3 heterocycles. The fraction of sp³-hybridized carbons (Fsp3) is 0.440. The molecule has 0 spiro atoms. The van der Waals surface area contributed by atoms with Gasteiger partial charge < -0.3 is 14.5 Å². The molecule has 7 heteroatoms. The number of hydrogen-bond acceptors (Lipinski definition) is 6. The molecule has 1 atom stereocenters. The van der Waals surface area contributed by atoms with Gasteiger partial charge in [0.15, 0.2) is 5.82 Å². The zero-order chi connectivity index (χ0) is 22.7. The highest BCUT2D eigenvalue weighted by molar-refractivity contribution is 5.91. The first-order valence-corrected chi connectivity index (χ1v) is 11.2. The van der Waals surface area contributed by atoms with E-state index in [0.29, 0.717) is 18.3 Å². The molecule has 7 nitrogen and oxygen atoms in total. The standard InChI is InChI=1S/C25H31N5O2/c1-25(2,3)32-24(31)29(4)16-18-9-8-14-30(17-18)23-20-11-5-6-12-21(20)27-22(28-23)19-10-7-13-26-15-19/h5-7,10-13,15,18H,8-9,14,16-17H2,1-4H3. The molecule has 3 aromatic rings. The van der Waals surface area contributed by atoms with Gasteiger partial charge in [0.05, 0.1) is 5.52 Å². The molecule has 32 heavy (non-hydrogen) atoms. The Morgan fingerprint density at radius 2 is 2.00 bits per heavy atom. The van der Waals surface area contributed by atoms with Crippen molar-refractivity contribution in [2.24, 2.45) is 5.92 Å². The van der Waals surface area contributed by atoms with E-state index in [2.05, 4.69) is 16.0 Å². The molecule has 1 aliphatic heterocycles. The number of nitrogens with zero attached hydrogens (tertiary/aromatic N) is 5. The van der Waals surface area contributed by atoms with Crippen LogP contribution in [-0.2, 0) is 4.74 Å². The van der Waals surface area contributed by atoms with Crippen LogP contribution in [0.15, 0.2) is 48.8 Å². The second-order valence-corrected chi connectivity index (χ2v) is 9.44. The molecule has 1 unspecified atom stereocenters. The van der Waals surface area contributed by atoms with E-state index in [1.165, 1.54) is 0 Å². The summed E-state index contributed by atoms with van der Waals surface area (Å²) in [4.78, 5) is 30.4. The number of rotatable bonds is 4. The lowest BCUT2D eigenvalue weighted by molar-refractivity contribution is 0.0269. The van der Waals surface area contributed by atoms with Crippen LogP contribution in [0.25, 0.3) is 22.3 Å². The van der Waals surface area contributed by atoms with Crippen LogP contribution in [0.5, 0.6) is 0 Å². The summed E-state index contributed by atoms with van der Waals surface area (Å²) in [5.74, 6) is 1.97. The molecule has 2 aromatic heterocycles. The highest BCUT2D eigenvalue weighted by atomic mass is 16.6. The van der Waals surface area contributed by atoms with Gasteiger partial charge in [-0.3, -0.25) is 4.98 Å². The molecule has 0 aliphatic carbocycles. The highest BCUT2D eigenvalue weighted by Gasteiger charge is 2.27. The minimum Gasteiger partial charge on any atom is -0.444 e. The zero-order valence-electron chi connectivity index (χ0n) is 19.3. The van der Waals surface area contributed by atoms with Crippen LogP contribution in [0.4, 0.5) is 10.6 Å². The Morgan fingerprint density at radius 3 is 2.75 bits per heavy atom. The third-order valence-corrected chi connectivity index (χ3v) is 5.56. The Balaban J connectivity index is 1.58. The number of anilines is 1. The summed E-state index contributed by atoms with van der Waals surface area (Å²) in [7, 11) is 1.81. The molecule has 0 N–H and O–H groups in total. The lowest BCUT2D eigenvalue weighted by atomic mass is 9.97. The van der Waals surface area contributed by atoms with E-state index >= 15 is 0 Å². The summed E-state index contributed by atoms with van der Waals surface area (Å²) in [6.07, 6.45) is 5.39. The van der Waals surface area contributed by atoms with Crippen LogP contribution in [0.3, 0.4) is 0 Å². The predicted octanol–water partition coefficient (Wildman–Crippen LogP) is 4.78. The largest absolute Gasteiger partial charge is 0.444 e. The van der Waals surface area contributed by atoms with Crippen molar-refractivity contribution in [3.05, 3.63) is 48.8 Å². The van der Waals surface area contributed by atoms with E-state index < -0.39 is 5.60 Å². The van der Waals surface area contributed by atoms with E-state index in [4.69, 9.17) is 14.7 Å². The molecule has 0 saturated carbocycles. The molecular weight excluding hydrogens is 402 g/mol. The van der Waals surface area contributed by atoms with Crippen molar-refractivity contribution < 1.29 is 9.53 Å². The van der Waals surface area contributed by atoms with Crippen molar-refractivity contribution >= 4 is 22.8 Å². The average Bonchev–Trinajstić information content (AvgIpc) is 2.78. The van der Waals surface area contributed by atoms with Crippen molar-refractivity contribution in [3.63, 3.8) is 0 Å². The van der Waals surface area contributed by atoms with Crippen LogP contribution >= 0.6 is 0 Å². The van der Waals surface area contributed by atoms with Gasteiger partial charge in [-0.05, 0) is 63.8 Å². The number of carbonyl (C=O) groups excluding carboxylic acids is 1. The van der Waals surface area contributed by atoms with Crippen molar-refractivity contribution in [2.45, 2.75) is 39.2 Å². The van der Waals surface area contributed by atoms with Crippen LogP contribution in [0.1, 0.15) is 33.6 Å². The number of carbonyl (C=O) groups is 1. The Bertz CT molecular complexity index is 1080. The normalized spacial score (nSPS) is 16.8. The summed E-state index contributed by atoms with van der Waals surface area (Å²) >= 11 is 0. The topological polar surface area (TPSA) is 71.5 Å². The monoisotopic (exact) mass is 433 g/mol. The summed E-state index contributed by atoms with van der Waals surface area (Å²) in [6.45, 7) is 8.09. The van der Waals surface area contributed by atoms with Gasteiger partial charge in [0.25, 0.3) is 0 Å². The Hall–Kier alpha value is -3.22. The van der Waals surface area contributed by atoms with Gasteiger partial charge in [0.2, 0.25) is 0 Å². The van der Waals surface area contributed by atoms with Crippen molar-refractivity contribution in [2.75, 3.05) is 31.6 Å². The van der Waals surface area contributed by atoms with Crippen molar-refractivity contribution in [1.82, 2.24) is 19.9 Å². The average molecular weight is 434 g/mol. The zero-order valence-corrected chi connectivity index (χ0v) is 19.3. The minimum absolute atomic E-state index is 0.277. The van der Waals surface area contributed by atoms with Crippen LogP contribution in [0.2, 0.25) is 0 Å². The predicted molar refractivity (Wildman–Crippen MR) is 127 cm³/mol. The lowest BCUT2D eigenvalue weighted by Crippen LogP contribution is -2.43. The maximum Gasteiger partial charge on any atom is 0.410 e. The number of fused-ring (bicyclic) bond motifs is 1. The van der Waals surface area contributed by atoms with Crippen LogP contribution in [0, 0.1) is 5.92 Å². The van der Waals surface area contributed by atoms with Gasteiger partial charge in [0.1, 0.15) is 11.4 Å². The Kier molecular flexibility index (Phi) is 6.26. The molecule has 0 bridgehead atoms. The molecule has 4 rings (SSSR count). The summed E-state index contributed by atoms with van der Waals surface area (Å²) in [5, 5.41) is 1.04. The van der Waals surface area contributed by atoms with E-state index in [-0.39, 0.29) is 6.09 Å². The molecule has 168 valence electrons. The fourth-order valence-corrected chi connectivity index (χ4v) is 4.13. The fourth-order valence-electron chi connectivity index (χ4n) is 4.13. The third kappa shape index (κ3) is 5.15. The number of benzene rings is 1. The summed E-state index contributed by atoms with van der Waals surface area (Å²) < 4.78 is 5.52. The number of aromatic nitrogens is 3. The Labute approximate surface area is 189 Å². The molecule has 1 amide bonds. The van der Waals surface area contributed by atoms with Gasteiger partial charge in [-0.1, -0.05) is 12.1 Å². The number of piperidine rings is 1. The number of amides is 1. The van der Waals surface area contributed by atoms with E-state index in [0.717, 1.165) is 48.2 Å². The number of pyridine rings is 1. The van der Waals surface area contributed by atoms with Gasteiger partial charge >= 0.3 is 6.09 Å². The van der Waals surface area contributed by atoms with Gasteiger partial charge in [-0.2, -0.15) is 0 Å². The molecule has 1 aromatic carbocycles. The minimum atomic E-state index is -0.494. The van der Waals surface area contributed by atoms with Gasteiger partial charge in [0, 0.05) is 50.0 Å². The molecule has 0 radical (unpaired) electrons. The molecule has 1 aliphatic rings. The van der Waals surface area contributed by atoms with E-state index in [1.807, 2.05) is 58.2 Å². The first-order valence-electron chi connectivity index (χ1n) is 11.2. The second-order valence-electron chi connectivity index (χ2n) is 9.44. The number of ether oxygens (including phenoxy) is 1. The summed E-state index contributed by atoms with van der Waals surface area (Å²) in [6, 6.07) is 12.0. The third-order valence-electron chi connectivity index (χ3n) is 5.56. The number of para-hydroxylation sites is 1. The van der Waals surface area contributed by atoms with Crippen LogP contribution < -0.4 is 4.90 Å². The van der Waals surface area contributed by atoms with E-state index in [1.54, 1.807) is 17.3 Å². The molecule has 1 fully saturated rings. The van der Waals surface area contributed by atoms with Crippen molar-refractivity contribution in [3.8, 4) is 11.4 Å². The Morgan fingerprint density at radius 1 is 1.19 bits per heavy atom.